The third kappa shape index (κ3) is 6.51. The molecule has 3 aromatic rings. The van der Waals surface area contributed by atoms with Gasteiger partial charge in [0.25, 0.3) is 0 Å². The second kappa shape index (κ2) is 10.9. The highest BCUT2D eigenvalue weighted by molar-refractivity contribution is 14.0. The highest BCUT2D eigenvalue weighted by atomic mass is 127. The summed E-state index contributed by atoms with van der Waals surface area (Å²) in [6.07, 6.45) is 0.918. The molecular weight excluding hydrogens is 477 g/mol. The van der Waals surface area contributed by atoms with Gasteiger partial charge < -0.3 is 15.2 Å². The van der Waals surface area contributed by atoms with Crippen LogP contribution in [0.3, 0.4) is 0 Å². The SMILES string of the molecule is CN=C(NCCc1ccccc1)NCc1nc(-c2cccc(Cl)c2)no1.I. The van der Waals surface area contributed by atoms with Crippen molar-refractivity contribution in [3.05, 3.63) is 71.1 Å². The first-order valence-electron chi connectivity index (χ1n) is 8.31. The Labute approximate surface area is 180 Å². The van der Waals surface area contributed by atoms with Crippen molar-refractivity contribution < 1.29 is 4.52 Å². The Bertz CT molecular complexity index is 869. The number of nitrogens with zero attached hydrogens (tertiary/aromatic N) is 3. The maximum atomic E-state index is 5.99. The van der Waals surface area contributed by atoms with Crippen molar-refractivity contribution in [2.24, 2.45) is 4.99 Å². The van der Waals surface area contributed by atoms with Crippen LogP contribution in [0.15, 0.2) is 64.1 Å². The number of halogens is 2. The minimum Gasteiger partial charge on any atom is -0.356 e. The van der Waals surface area contributed by atoms with E-state index in [1.807, 2.05) is 30.3 Å². The van der Waals surface area contributed by atoms with Crippen LogP contribution in [0.1, 0.15) is 11.5 Å². The number of nitrogens with one attached hydrogen (secondary N) is 2. The fourth-order valence-corrected chi connectivity index (χ4v) is 2.61. The highest BCUT2D eigenvalue weighted by Gasteiger charge is 2.09. The van der Waals surface area contributed by atoms with Crippen LogP contribution >= 0.6 is 35.6 Å². The lowest BCUT2D eigenvalue weighted by Gasteiger charge is -2.10. The lowest BCUT2D eigenvalue weighted by atomic mass is 10.1. The van der Waals surface area contributed by atoms with Crippen molar-refractivity contribution in [1.29, 1.82) is 0 Å². The molecule has 0 aliphatic rings. The van der Waals surface area contributed by atoms with Crippen LogP contribution in [-0.2, 0) is 13.0 Å². The standard InChI is InChI=1S/C19H20ClN5O.HI/c1-21-19(22-11-10-14-6-3-2-4-7-14)23-13-17-24-18(25-26-17)15-8-5-9-16(20)12-15;/h2-9,12H,10-11,13H2,1H3,(H2,21,22,23);1H. The van der Waals surface area contributed by atoms with Gasteiger partial charge in [-0.15, -0.1) is 24.0 Å². The van der Waals surface area contributed by atoms with E-state index in [4.69, 9.17) is 16.1 Å². The van der Waals surface area contributed by atoms with Gasteiger partial charge in [-0.3, -0.25) is 4.99 Å². The van der Waals surface area contributed by atoms with E-state index in [9.17, 15) is 0 Å². The Morgan fingerprint density at radius 2 is 1.93 bits per heavy atom. The van der Waals surface area contributed by atoms with Gasteiger partial charge in [0.2, 0.25) is 11.7 Å². The second-order valence-electron chi connectivity index (χ2n) is 5.61. The van der Waals surface area contributed by atoms with Gasteiger partial charge in [0.1, 0.15) is 0 Å². The van der Waals surface area contributed by atoms with Crippen LogP contribution in [0.4, 0.5) is 0 Å². The summed E-state index contributed by atoms with van der Waals surface area (Å²) in [6, 6.07) is 17.6. The first kappa shape index (κ1) is 21.2. The van der Waals surface area contributed by atoms with Crippen molar-refractivity contribution in [3.63, 3.8) is 0 Å². The Balaban J connectivity index is 0.00000261. The Morgan fingerprint density at radius 3 is 2.67 bits per heavy atom. The highest BCUT2D eigenvalue weighted by Crippen LogP contribution is 2.19. The Kier molecular flexibility index (Phi) is 8.53. The predicted octanol–water partition coefficient (Wildman–Crippen LogP) is 3.92. The number of hydrogen-bond acceptors (Lipinski definition) is 4. The van der Waals surface area contributed by atoms with Gasteiger partial charge in [-0.1, -0.05) is 59.2 Å². The molecule has 0 amide bonds. The van der Waals surface area contributed by atoms with E-state index in [0.717, 1.165) is 18.5 Å². The van der Waals surface area contributed by atoms with Crippen LogP contribution in [-0.4, -0.2) is 29.7 Å². The van der Waals surface area contributed by atoms with Crippen LogP contribution in [0.2, 0.25) is 5.02 Å². The molecule has 3 rings (SSSR count). The maximum absolute atomic E-state index is 5.99. The second-order valence-corrected chi connectivity index (χ2v) is 6.05. The predicted molar refractivity (Wildman–Crippen MR) is 119 cm³/mol. The zero-order valence-corrected chi connectivity index (χ0v) is 17.9. The van der Waals surface area contributed by atoms with Crippen molar-refractivity contribution in [3.8, 4) is 11.4 Å². The molecule has 1 heterocycles. The van der Waals surface area contributed by atoms with Gasteiger partial charge >= 0.3 is 0 Å². The fourth-order valence-electron chi connectivity index (χ4n) is 2.42. The maximum Gasteiger partial charge on any atom is 0.246 e. The summed E-state index contributed by atoms with van der Waals surface area (Å²) < 4.78 is 5.28. The fraction of sp³-hybridized carbons (Fsp3) is 0.211. The monoisotopic (exact) mass is 497 g/mol. The molecule has 142 valence electrons. The van der Waals surface area contributed by atoms with E-state index in [1.165, 1.54) is 5.56 Å². The quantitative estimate of drug-likeness (QED) is 0.307. The van der Waals surface area contributed by atoms with E-state index in [0.29, 0.717) is 29.2 Å². The zero-order valence-electron chi connectivity index (χ0n) is 14.9. The van der Waals surface area contributed by atoms with Crippen LogP contribution in [0, 0.1) is 0 Å². The average Bonchev–Trinajstić information content (AvgIpc) is 3.14. The first-order valence-corrected chi connectivity index (χ1v) is 8.69. The van der Waals surface area contributed by atoms with Crippen LogP contribution in [0.5, 0.6) is 0 Å². The third-order valence-electron chi connectivity index (χ3n) is 3.73. The number of guanidine groups is 1. The molecule has 0 aliphatic carbocycles. The molecule has 0 fully saturated rings. The smallest absolute Gasteiger partial charge is 0.246 e. The van der Waals surface area contributed by atoms with Gasteiger partial charge in [0.05, 0.1) is 6.54 Å². The van der Waals surface area contributed by atoms with Crippen LogP contribution < -0.4 is 10.6 Å². The van der Waals surface area contributed by atoms with E-state index < -0.39 is 0 Å². The molecule has 6 nitrogen and oxygen atoms in total. The molecule has 0 spiro atoms. The van der Waals surface area contributed by atoms with Crippen molar-refractivity contribution in [2.75, 3.05) is 13.6 Å². The van der Waals surface area contributed by atoms with Gasteiger partial charge in [-0.05, 0) is 24.1 Å². The van der Waals surface area contributed by atoms with E-state index in [-0.39, 0.29) is 24.0 Å². The summed E-state index contributed by atoms with van der Waals surface area (Å²) >= 11 is 5.99. The number of benzene rings is 2. The minimum absolute atomic E-state index is 0. The molecule has 2 N–H and O–H groups in total. The summed E-state index contributed by atoms with van der Waals surface area (Å²) in [6.45, 7) is 1.17. The molecule has 8 heteroatoms. The summed E-state index contributed by atoms with van der Waals surface area (Å²) in [4.78, 5) is 8.57. The lowest BCUT2D eigenvalue weighted by molar-refractivity contribution is 0.375. The van der Waals surface area contributed by atoms with Gasteiger partial charge in [-0.2, -0.15) is 4.98 Å². The third-order valence-corrected chi connectivity index (χ3v) is 3.97. The summed E-state index contributed by atoms with van der Waals surface area (Å²) in [7, 11) is 1.73. The number of rotatable bonds is 6. The molecule has 0 unspecified atom stereocenters. The molecule has 0 radical (unpaired) electrons. The number of aliphatic imine (C=N–C) groups is 1. The van der Waals surface area contributed by atoms with Gasteiger partial charge in [0.15, 0.2) is 5.96 Å². The Morgan fingerprint density at radius 1 is 1.11 bits per heavy atom. The van der Waals surface area contributed by atoms with Gasteiger partial charge in [-0.25, -0.2) is 0 Å². The van der Waals surface area contributed by atoms with Crippen molar-refractivity contribution in [1.82, 2.24) is 20.8 Å². The van der Waals surface area contributed by atoms with Crippen LogP contribution in [0.25, 0.3) is 11.4 Å². The van der Waals surface area contributed by atoms with Crippen molar-refractivity contribution >= 4 is 41.5 Å². The van der Waals surface area contributed by atoms with E-state index >= 15 is 0 Å². The number of aromatic nitrogens is 2. The molecule has 0 atom stereocenters. The molecule has 1 aromatic heterocycles. The van der Waals surface area contributed by atoms with E-state index in [1.54, 1.807) is 19.2 Å². The van der Waals surface area contributed by atoms with E-state index in [2.05, 4.69) is 37.9 Å². The Hall–Kier alpha value is -2.13. The number of hydrogen-bond donors (Lipinski definition) is 2. The summed E-state index contributed by atoms with van der Waals surface area (Å²) in [5.74, 6) is 1.67. The van der Waals surface area contributed by atoms with Crippen molar-refractivity contribution in [2.45, 2.75) is 13.0 Å². The molecule has 0 saturated heterocycles. The molecular formula is C19H21ClIN5O. The minimum atomic E-state index is 0. The topological polar surface area (TPSA) is 75.3 Å². The summed E-state index contributed by atoms with van der Waals surface area (Å²) in [5, 5.41) is 11.1. The largest absolute Gasteiger partial charge is 0.356 e. The molecule has 0 bridgehead atoms. The van der Waals surface area contributed by atoms with Gasteiger partial charge in [0, 0.05) is 24.2 Å². The first-order chi connectivity index (χ1) is 12.7. The average molecular weight is 498 g/mol. The zero-order chi connectivity index (χ0) is 18.2. The normalized spacial score (nSPS) is 11.0. The molecule has 27 heavy (non-hydrogen) atoms. The molecule has 2 aromatic carbocycles. The lowest BCUT2D eigenvalue weighted by Crippen LogP contribution is -2.37. The summed E-state index contributed by atoms with van der Waals surface area (Å²) in [5.41, 5.74) is 2.09. The molecule has 0 saturated carbocycles. The molecule has 0 aliphatic heterocycles.